The molecule has 0 radical (unpaired) electrons. The molecule has 0 aliphatic carbocycles. The summed E-state index contributed by atoms with van der Waals surface area (Å²) in [5.41, 5.74) is 2.95. The Bertz CT molecular complexity index is 1050. The van der Waals surface area contributed by atoms with Crippen molar-refractivity contribution in [2.24, 2.45) is 0 Å². The molecule has 0 saturated heterocycles. The van der Waals surface area contributed by atoms with E-state index in [4.69, 9.17) is 9.47 Å². The van der Waals surface area contributed by atoms with Gasteiger partial charge in [0.25, 0.3) is 11.8 Å². The molecule has 2 amide bonds. The van der Waals surface area contributed by atoms with E-state index in [9.17, 15) is 9.59 Å². The lowest BCUT2D eigenvalue weighted by Gasteiger charge is -2.29. The van der Waals surface area contributed by atoms with E-state index < -0.39 is 0 Å². The van der Waals surface area contributed by atoms with Crippen LogP contribution in [0.25, 0.3) is 0 Å². The number of hydrogen-bond donors (Lipinski definition) is 1. The van der Waals surface area contributed by atoms with Crippen molar-refractivity contribution < 1.29 is 19.1 Å². The summed E-state index contributed by atoms with van der Waals surface area (Å²) in [4.78, 5) is 27.5. The maximum atomic E-state index is 12.6. The van der Waals surface area contributed by atoms with E-state index in [-0.39, 0.29) is 18.4 Å². The molecule has 154 valence electrons. The molecule has 0 fully saturated rings. The average Bonchev–Trinajstić information content (AvgIpc) is 3.32. The van der Waals surface area contributed by atoms with Crippen LogP contribution in [0.2, 0.25) is 0 Å². The van der Waals surface area contributed by atoms with Crippen molar-refractivity contribution in [3.8, 4) is 11.5 Å². The Morgan fingerprint density at radius 2 is 1.93 bits per heavy atom. The van der Waals surface area contributed by atoms with E-state index in [0.29, 0.717) is 30.3 Å². The van der Waals surface area contributed by atoms with Gasteiger partial charge >= 0.3 is 0 Å². The molecule has 2 heterocycles. The molecule has 0 bridgehead atoms. The monoisotopic (exact) mass is 422 g/mol. The molecule has 7 heteroatoms. The zero-order valence-corrected chi connectivity index (χ0v) is 17.4. The first-order chi connectivity index (χ1) is 14.6. The second-order valence-electron chi connectivity index (χ2n) is 6.95. The highest BCUT2D eigenvalue weighted by Crippen LogP contribution is 2.25. The van der Waals surface area contributed by atoms with Gasteiger partial charge in [-0.05, 0) is 53.3 Å². The van der Waals surface area contributed by atoms with Gasteiger partial charge in [-0.3, -0.25) is 9.59 Å². The van der Waals surface area contributed by atoms with E-state index in [0.717, 1.165) is 16.9 Å². The number of nitrogens with one attached hydrogen (secondary N) is 1. The molecule has 0 spiro atoms. The van der Waals surface area contributed by atoms with Crippen LogP contribution in [0.5, 0.6) is 11.5 Å². The van der Waals surface area contributed by atoms with E-state index in [1.165, 1.54) is 16.9 Å². The first-order valence-electron chi connectivity index (χ1n) is 9.63. The Morgan fingerprint density at radius 3 is 2.73 bits per heavy atom. The number of carbonyl (C=O) groups excluding carboxylic acids is 2. The van der Waals surface area contributed by atoms with E-state index in [1.807, 2.05) is 46.7 Å². The Morgan fingerprint density at radius 1 is 1.07 bits per heavy atom. The molecule has 0 unspecified atom stereocenters. The largest absolute Gasteiger partial charge is 0.497 e. The fourth-order valence-corrected chi connectivity index (χ4v) is 4.09. The van der Waals surface area contributed by atoms with E-state index in [1.54, 1.807) is 25.3 Å². The maximum absolute atomic E-state index is 12.6. The maximum Gasteiger partial charge on any atom is 0.264 e. The summed E-state index contributed by atoms with van der Waals surface area (Å²) in [6, 6.07) is 16.7. The summed E-state index contributed by atoms with van der Waals surface area (Å²) in [6.45, 7) is 1.13. The van der Waals surface area contributed by atoms with Gasteiger partial charge in [-0.2, -0.15) is 0 Å². The van der Waals surface area contributed by atoms with Crippen molar-refractivity contribution in [3.63, 3.8) is 0 Å². The van der Waals surface area contributed by atoms with Gasteiger partial charge in [0.05, 0.1) is 12.0 Å². The molecule has 30 heavy (non-hydrogen) atoms. The number of amides is 2. The highest BCUT2D eigenvalue weighted by Gasteiger charge is 2.22. The van der Waals surface area contributed by atoms with Crippen molar-refractivity contribution in [2.75, 3.05) is 25.6 Å². The molecule has 6 nitrogen and oxygen atoms in total. The summed E-state index contributed by atoms with van der Waals surface area (Å²) in [6.07, 6.45) is 0.805. The lowest BCUT2D eigenvalue weighted by atomic mass is 9.99. The molecule has 4 rings (SSSR count). The number of nitrogens with zero attached hydrogens (tertiary/aromatic N) is 1. The van der Waals surface area contributed by atoms with Crippen LogP contribution < -0.4 is 14.8 Å². The average molecular weight is 423 g/mol. The lowest BCUT2D eigenvalue weighted by Crippen LogP contribution is -2.35. The van der Waals surface area contributed by atoms with Crippen molar-refractivity contribution in [3.05, 3.63) is 76.0 Å². The van der Waals surface area contributed by atoms with Crippen LogP contribution >= 0.6 is 11.3 Å². The zero-order valence-electron chi connectivity index (χ0n) is 16.6. The summed E-state index contributed by atoms with van der Waals surface area (Å²) >= 11 is 1.45. The van der Waals surface area contributed by atoms with Crippen LogP contribution in [0.4, 0.5) is 5.69 Å². The normalized spacial score (nSPS) is 12.8. The Kier molecular flexibility index (Phi) is 5.99. The quantitative estimate of drug-likeness (QED) is 0.653. The number of anilines is 1. The van der Waals surface area contributed by atoms with Gasteiger partial charge < -0.3 is 19.7 Å². The molecule has 0 atom stereocenters. The van der Waals surface area contributed by atoms with Gasteiger partial charge in [0.1, 0.15) is 11.5 Å². The molecule has 1 N–H and O–H groups in total. The second kappa shape index (κ2) is 9.00. The summed E-state index contributed by atoms with van der Waals surface area (Å²) in [5, 5.41) is 4.78. The fourth-order valence-electron chi connectivity index (χ4n) is 3.40. The SMILES string of the molecule is COc1cccc(OCC(=O)Nc2ccc3c(c2)CN(C(=O)c2cccs2)CC3)c1. The van der Waals surface area contributed by atoms with Crippen LogP contribution in [0.3, 0.4) is 0 Å². The van der Waals surface area contributed by atoms with Gasteiger partial charge in [0.15, 0.2) is 6.61 Å². The highest BCUT2D eigenvalue weighted by atomic mass is 32.1. The smallest absolute Gasteiger partial charge is 0.264 e. The first kappa shape index (κ1) is 20.0. The minimum Gasteiger partial charge on any atom is -0.497 e. The third-order valence-electron chi connectivity index (χ3n) is 4.93. The van der Waals surface area contributed by atoms with Crippen molar-refractivity contribution in [2.45, 2.75) is 13.0 Å². The van der Waals surface area contributed by atoms with Crippen LogP contribution in [0, 0.1) is 0 Å². The number of fused-ring (bicyclic) bond motifs is 1. The molecule has 1 aromatic heterocycles. The fraction of sp³-hybridized carbons (Fsp3) is 0.217. The predicted molar refractivity (Wildman–Crippen MR) is 116 cm³/mol. The predicted octanol–water partition coefficient (Wildman–Crippen LogP) is 3.97. The van der Waals surface area contributed by atoms with Gasteiger partial charge in [-0.15, -0.1) is 11.3 Å². The molecular formula is C23H22N2O4S. The Hall–Kier alpha value is -3.32. The highest BCUT2D eigenvalue weighted by molar-refractivity contribution is 7.12. The Labute approximate surface area is 179 Å². The minimum absolute atomic E-state index is 0.0526. The lowest BCUT2D eigenvalue weighted by molar-refractivity contribution is -0.118. The van der Waals surface area contributed by atoms with Crippen molar-refractivity contribution >= 4 is 28.8 Å². The zero-order chi connectivity index (χ0) is 20.9. The van der Waals surface area contributed by atoms with Gasteiger partial charge in [-0.1, -0.05) is 18.2 Å². The third kappa shape index (κ3) is 4.63. The number of hydrogen-bond acceptors (Lipinski definition) is 5. The number of benzene rings is 2. The van der Waals surface area contributed by atoms with Crippen LogP contribution in [-0.4, -0.2) is 37.0 Å². The number of methoxy groups -OCH3 is 1. The second-order valence-corrected chi connectivity index (χ2v) is 7.90. The summed E-state index contributed by atoms with van der Waals surface area (Å²) in [7, 11) is 1.58. The van der Waals surface area contributed by atoms with Gasteiger partial charge in [-0.25, -0.2) is 0 Å². The number of thiophene rings is 1. The number of rotatable bonds is 6. The van der Waals surface area contributed by atoms with Crippen molar-refractivity contribution in [1.29, 1.82) is 0 Å². The van der Waals surface area contributed by atoms with Crippen LogP contribution in [0.15, 0.2) is 60.0 Å². The van der Waals surface area contributed by atoms with Crippen LogP contribution in [0.1, 0.15) is 20.8 Å². The molecule has 1 aliphatic rings. The van der Waals surface area contributed by atoms with Crippen molar-refractivity contribution in [1.82, 2.24) is 4.90 Å². The molecule has 2 aromatic carbocycles. The number of carbonyl (C=O) groups is 2. The van der Waals surface area contributed by atoms with Crippen LogP contribution in [-0.2, 0) is 17.8 Å². The summed E-state index contributed by atoms with van der Waals surface area (Å²) in [5.74, 6) is 1.04. The first-order valence-corrected chi connectivity index (χ1v) is 10.5. The van der Waals surface area contributed by atoms with Gasteiger partial charge in [0.2, 0.25) is 0 Å². The molecule has 3 aromatic rings. The molecule has 1 aliphatic heterocycles. The standard InChI is InChI=1S/C23H22N2O4S/c1-28-19-4-2-5-20(13-19)29-15-22(26)24-18-8-7-16-9-10-25(14-17(16)12-18)23(27)21-6-3-11-30-21/h2-8,11-13H,9-10,14-15H2,1H3,(H,24,26). The van der Waals surface area contributed by atoms with E-state index >= 15 is 0 Å². The molecular weight excluding hydrogens is 400 g/mol. The van der Waals surface area contributed by atoms with Gasteiger partial charge in [0, 0.05) is 24.8 Å². The third-order valence-corrected chi connectivity index (χ3v) is 5.79. The van der Waals surface area contributed by atoms with E-state index in [2.05, 4.69) is 5.32 Å². The Balaban J connectivity index is 1.37. The minimum atomic E-state index is -0.250. The summed E-state index contributed by atoms with van der Waals surface area (Å²) < 4.78 is 10.7. The number of ether oxygens (including phenoxy) is 2. The topological polar surface area (TPSA) is 67.9 Å². The molecule has 0 saturated carbocycles.